The lowest BCUT2D eigenvalue weighted by Crippen LogP contribution is -2.43. The third-order valence-corrected chi connectivity index (χ3v) is 2.23. The Morgan fingerprint density at radius 2 is 2.00 bits per heavy atom. The number of aromatic nitrogens is 2. The Kier molecular flexibility index (Phi) is 4.17. The van der Waals surface area contributed by atoms with Crippen LogP contribution in [-0.4, -0.2) is 38.9 Å². The summed E-state index contributed by atoms with van der Waals surface area (Å²) in [6, 6.07) is 1.79. The molecule has 0 bridgehead atoms. The van der Waals surface area contributed by atoms with Gasteiger partial charge in [-0.1, -0.05) is 0 Å². The molecule has 1 heterocycles. The number of anilines is 1. The lowest BCUT2D eigenvalue weighted by atomic mass is 10.1. The highest BCUT2D eigenvalue weighted by Gasteiger charge is 2.23. The summed E-state index contributed by atoms with van der Waals surface area (Å²) in [5.41, 5.74) is 6.17. The maximum Gasteiger partial charge on any atom is 0.223 e. The molecule has 0 amide bonds. The highest BCUT2D eigenvalue weighted by molar-refractivity contribution is 5.31. The first-order valence-electron chi connectivity index (χ1n) is 5.07. The SMILES string of the molecule is Cc1cc(CN)nc(NC(C)(CO)CO)n1. The van der Waals surface area contributed by atoms with Crippen LogP contribution in [0.25, 0.3) is 0 Å². The summed E-state index contributed by atoms with van der Waals surface area (Å²) < 4.78 is 0. The van der Waals surface area contributed by atoms with Gasteiger partial charge < -0.3 is 21.3 Å². The van der Waals surface area contributed by atoms with Crippen molar-refractivity contribution in [1.29, 1.82) is 0 Å². The van der Waals surface area contributed by atoms with E-state index in [1.807, 2.05) is 6.92 Å². The first-order valence-corrected chi connectivity index (χ1v) is 5.07. The molecule has 0 saturated heterocycles. The van der Waals surface area contributed by atoms with Gasteiger partial charge in [0.05, 0.1) is 24.4 Å². The maximum absolute atomic E-state index is 9.14. The zero-order valence-corrected chi connectivity index (χ0v) is 9.56. The Balaban J connectivity index is 2.92. The molecule has 1 aromatic rings. The van der Waals surface area contributed by atoms with E-state index in [4.69, 9.17) is 15.9 Å². The summed E-state index contributed by atoms with van der Waals surface area (Å²) in [4.78, 5) is 8.33. The quantitative estimate of drug-likeness (QED) is 0.534. The first kappa shape index (κ1) is 12.8. The van der Waals surface area contributed by atoms with Crippen molar-refractivity contribution in [2.24, 2.45) is 5.73 Å². The van der Waals surface area contributed by atoms with E-state index in [1.54, 1.807) is 13.0 Å². The van der Waals surface area contributed by atoms with E-state index < -0.39 is 5.54 Å². The Bertz CT molecular complexity index is 353. The van der Waals surface area contributed by atoms with Gasteiger partial charge in [-0.15, -0.1) is 0 Å². The molecule has 0 aromatic carbocycles. The Morgan fingerprint density at radius 1 is 1.38 bits per heavy atom. The molecule has 6 heteroatoms. The van der Waals surface area contributed by atoms with Crippen molar-refractivity contribution in [2.45, 2.75) is 25.9 Å². The maximum atomic E-state index is 9.14. The fourth-order valence-electron chi connectivity index (χ4n) is 1.19. The molecule has 1 rings (SSSR count). The van der Waals surface area contributed by atoms with Crippen molar-refractivity contribution < 1.29 is 10.2 Å². The second kappa shape index (κ2) is 5.20. The van der Waals surface area contributed by atoms with Crippen molar-refractivity contribution in [3.8, 4) is 0 Å². The highest BCUT2D eigenvalue weighted by Crippen LogP contribution is 2.11. The third kappa shape index (κ3) is 3.13. The predicted molar refractivity (Wildman–Crippen MR) is 60.9 cm³/mol. The van der Waals surface area contributed by atoms with E-state index in [1.165, 1.54) is 0 Å². The van der Waals surface area contributed by atoms with Crippen LogP contribution < -0.4 is 11.1 Å². The molecule has 0 unspecified atom stereocenters. The number of rotatable bonds is 5. The Labute approximate surface area is 94.5 Å². The lowest BCUT2D eigenvalue weighted by Gasteiger charge is -2.26. The van der Waals surface area contributed by atoms with Crippen LogP contribution in [0.1, 0.15) is 18.3 Å². The molecule has 0 atom stereocenters. The van der Waals surface area contributed by atoms with Crippen LogP contribution in [0.2, 0.25) is 0 Å². The second-order valence-electron chi connectivity index (χ2n) is 4.03. The van der Waals surface area contributed by atoms with Gasteiger partial charge in [0.1, 0.15) is 0 Å². The van der Waals surface area contributed by atoms with Crippen molar-refractivity contribution in [3.63, 3.8) is 0 Å². The number of hydrogen-bond acceptors (Lipinski definition) is 6. The molecule has 0 radical (unpaired) electrons. The first-order chi connectivity index (χ1) is 7.53. The van der Waals surface area contributed by atoms with Gasteiger partial charge in [0.2, 0.25) is 5.95 Å². The number of aliphatic hydroxyl groups is 2. The summed E-state index contributed by atoms with van der Waals surface area (Å²) in [5.74, 6) is 0.367. The van der Waals surface area contributed by atoms with Crippen LogP contribution >= 0.6 is 0 Å². The minimum atomic E-state index is -0.834. The number of nitrogens with one attached hydrogen (secondary N) is 1. The normalized spacial score (nSPS) is 11.6. The van der Waals surface area contributed by atoms with Gasteiger partial charge >= 0.3 is 0 Å². The second-order valence-corrected chi connectivity index (χ2v) is 4.03. The molecule has 0 fully saturated rings. The van der Waals surface area contributed by atoms with Gasteiger partial charge in [-0.2, -0.15) is 0 Å². The van der Waals surface area contributed by atoms with Gasteiger partial charge in [0.25, 0.3) is 0 Å². The van der Waals surface area contributed by atoms with E-state index in [0.717, 1.165) is 5.69 Å². The van der Waals surface area contributed by atoms with Gasteiger partial charge in [-0.05, 0) is 19.9 Å². The molecule has 5 N–H and O–H groups in total. The summed E-state index contributed by atoms with van der Waals surface area (Å²) in [5, 5.41) is 21.2. The monoisotopic (exact) mass is 226 g/mol. The van der Waals surface area contributed by atoms with E-state index >= 15 is 0 Å². The number of aliphatic hydroxyl groups excluding tert-OH is 2. The fourth-order valence-corrected chi connectivity index (χ4v) is 1.19. The minimum Gasteiger partial charge on any atom is -0.394 e. The molecule has 0 aliphatic rings. The highest BCUT2D eigenvalue weighted by atomic mass is 16.3. The van der Waals surface area contributed by atoms with Crippen LogP contribution in [-0.2, 0) is 6.54 Å². The molecule has 0 saturated carbocycles. The van der Waals surface area contributed by atoms with Crippen molar-refractivity contribution in [2.75, 3.05) is 18.5 Å². The van der Waals surface area contributed by atoms with Crippen molar-refractivity contribution in [1.82, 2.24) is 9.97 Å². The topological polar surface area (TPSA) is 104 Å². The van der Waals surface area contributed by atoms with E-state index in [9.17, 15) is 0 Å². The lowest BCUT2D eigenvalue weighted by molar-refractivity contribution is 0.147. The van der Waals surface area contributed by atoms with Crippen molar-refractivity contribution >= 4 is 5.95 Å². The third-order valence-electron chi connectivity index (χ3n) is 2.23. The van der Waals surface area contributed by atoms with Crippen molar-refractivity contribution in [3.05, 3.63) is 17.5 Å². The molecular weight excluding hydrogens is 208 g/mol. The van der Waals surface area contributed by atoms with Gasteiger partial charge in [-0.3, -0.25) is 0 Å². The Morgan fingerprint density at radius 3 is 2.50 bits per heavy atom. The van der Waals surface area contributed by atoms with Gasteiger partial charge in [0, 0.05) is 12.2 Å². The standard InChI is InChI=1S/C10H18N4O2/c1-7-3-8(4-11)13-9(12-7)14-10(2,5-15)6-16/h3,15-16H,4-6,11H2,1-2H3,(H,12,13,14). The summed E-state index contributed by atoms with van der Waals surface area (Å²) in [6.07, 6.45) is 0. The summed E-state index contributed by atoms with van der Waals surface area (Å²) in [7, 11) is 0. The summed E-state index contributed by atoms with van der Waals surface area (Å²) >= 11 is 0. The zero-order chi connectivity index (χ0) is 12.2. The predicted octanol–water partition coefficient (Wildman–Crippen LogP) is -0.601. The molecule has 0 aliphatic carbocycles. The van der Waals surface area contributed by atoms with E-state index in [2.05, 4.69) is 15.3 Å². The fraction of sp³-hybridized carbons (Fsp3) is 0.600. The molecule has 0 spiro atoms. The number of nitrogens with zero attached hydrogens (tertiary/aromatic N) is 2. The molecule has 0 aliphatic heterocycles. The van der Waals surface area contributed by atoms with E-state index in [0.29, 0.717) is 18.2 Å². The smallest absolute Gasteiger partial charge is 0.223 e. The largest absolute Gasteiger partial charge is 0.394 e. The summed E-state index contributed by atoms with van der Waals surface area (Å²) in [6.45, 7) is 3.42. The average Bonchev–Trinajstić information content (AvgIpc) is 2.28. The van der Waals surface area contributed by atoms with Gasteiger partial charge in [0.15, 0.2) is 0 Å². The molecule has 16 heavy (non-hydrogen) atoms. The van der Waals surface area contributed by atoms with Crippen LogP contribution in [0, 0.1) is 6.92 Å². The number of aryl methyl sites for hydroxylation is 1. The zero-order valence-electron chi connectivity index (χ0n) is 9.56. The average molecular weight is 226 g/mol. The Hall–Kier alpha value is -1.24. The van der Waals surface area contributed by atoms with E-state index in [-0.39, 0.29) is 13.2 Å². The number of nitrogens with two attached hydrogens (primary N) is 1. The molecular formula is C10H18N4O2. The van der Waals surface area contributed by atoms with Crippen LogP contribution in [0.4, 0.5) is 5.95 Å². The number of hydrogen-bond donors (Lipinski definition) is 4. The molecule has 6 nitrogen and oxygen atoms in total. The molecule has 1 aromatic heterocycles. The van der Waals surface area contributed by atoms with Crippen LogP contribution in [0.15, 0.2) is 6.07 Å². The minimum absolute atomic E-state index is 0.210. The van der Waals surface area contributed by atoms with Crippen LogP contribution in [0.5, 0.6) is 0 Å². The van der Waals surface area contributed by atoms with Gasteiger partial charge in [-0.25, -0.2) is 9.97 Å². The molecule has 90 valence electrons. The van der Waals surface area contributed by atoms with Crippen LogP contribution in [0.3, 0.4) is 0 Å².